The third kappa shape index (κ3) is 6.55. The minimum Gasteiger partial charge on any atom is -0.493 e. The number of nitrogens with two attached hydrogens (primary N) is 1. The van der Waals surface area contributed by atoms with E-state index in [9.17, 15) is 13.2 Å². The molecule has 0 spiro atoms. The molecule has 0 aromatic heterocycles. The van der Waals surface area contributed by atoms with E-state index < -0.39 is 11.7 Å². The van der Waals surface area contributed by atoms with E-state index in [1.54, 1.807) is 24.3 Å². The van der Waals surface area contributed by atoms with Gasteiger partial charge >= 0.3 is 6.18 Å². The second-order valence-electron chi connectivity index (χ2n) is 6.83. The Hall–Kier alpha value is -2.41. The first-order chi connectivity index (χ1) is 14.8. The molecule has 11 heteroatoms. The molecule has 0 bridgehead atoms. The van der Waals surface area contributed by atoms with E-state index in [-0.39, 0.29) is 42.0 Å². The molecule has 32 heavy (non-hydrogen) atoms. The maximum Gasteiger partial charge on any atom is 0.416 e. The summed E-state index contributed by atoms with van der Waals surface area (Å²) in [4.78, 5) is 5.96. The van der Waals surface area contributed by atoms with E-state index in [4.69, 9.17) is 19.9 Å². The summed E-state index contributed by atoms with van der Waals surface area (Å²) in [6.45, 7) is 1.87. The Labute approximate surface area is 201 Å². The van der Waals surface area contributed by atoms with Crippen molar-refractivity contribution in [2.75, 3.05) is 50.7 Å². The Kier molecular flexibility index (Phi) is 9.25. The molecule has 1 fully saturated rings. The summed E-state index contributed by atoms with van der Waals surface area (Å²) in [7, 11) is 3.02. The minimum absolute atomic E-state index is 0. The summed E-state index contributed by atoms with van der Waals surface area (Å²) < 4.78 is 56.6. The van der Waals surface area contributed by atoms with Gasteiger partial charge in [-0.05, 0) is 29.8 Å². The monoisotopic (exact) mass is 566 g/mol. The molecule has 0 amide bonds. The van der Waals surface area contributed by atoms with Crippen LogP contribution in [-0.2, 0) is 17.5 Å². The number of ether oxygens (including phenoxy) is 3. The van der Waals surface area contributed by atoms with Crippen LogP contribution in [0.15, 0.2) is 41.4 Å². The van der Waals surface area contributed by atoms with E-state index in [0.717, 1.165) is 6.07 Å². The molecule has 7 nitrogen and oxygen atoms in total. The van der Waals surface area contributed by atoms with Crippen molar-refractivity contribution in [2.45, 2.75) is 12.7 Å². The smallest absolute Gasteiger partial charge is 0.416 e. The number of benzene rings is 2. The lowest BCUT2D eigenvalue weighted by Crippen LogP contribution is -2.36. The van der Waals surface area contributed by atoms with Crippen LogP contribution < -0.4 is 25.4 Å². The van der Waals surface area contributed by atoms with Crippen LogP contribution in [0, 0.1) is 0 Å². The topological polar surface area (TPSA) is 81.3 Å². The van der Waals surface area contributed by atoms with Gasteiger partial charge in [0.1, 0.15) is 0 Å². The van der Waals surface area contributed by atoms with E-state index in [2.05, 4.69) is 10.3 Å². The molecule has 3 N–H and O–H groups in total. The number of nitrogens with zero attached hydrogens (tertiary/aromatic N) is 2. The molecular weight excluding hydrogens is 540 g/mol. The van der Waals surface area contributed by atoms with Crippen molar-refractivity contribution in [3.05, 3.63) is 47.5 Å². The summed E-state index contributed by atoms with van der Waals surface area (Å²) in [6, 6.07) is 9.31. The Morgan fingerprint density at radius 1 is 1.09 bits per heavy atom. The lowest BCUT2D eigenvalue weighted by molar-refractivity contribution is -0.138. The number of aliphatic imine (C=N–C) groups is 1. The fourth-order valence-corrected chi connectivity index (χ4v) is 3.26. The third-order valence-corrected chi connectivity index (χ3v) is 4.85. The molecule has 2 aromatic rings. The Morgan fingerprint density at radius 2 is 1.78 bits per heavy atom. The molecule has 1 saturated heterocycles. The van der Waals surface area contributed by atoms with Crippen molar-refractivity contribution in [1.29, 1.82) is 0 Å². The number of hydrogen-bond acceptors (Lipinski definition) is 5. The van der Waals surface area contributed by atoms with Crippen LogP contribution in [0.2, 0.25) is 0 Å². The summed E-state index contributed by atoms with van der Waals surface area (Å²) in [5.41, 5.74) is 6.29. The lowest BCUT2D eigenvalue weighted by Gasteiger charge is -2.29. The van der Waals surface area contributed by atoms with Gasteiger partial charge in [-0.3, -0.25) is 0 Å². The molecule has 176 valence electrons. The second kappa shape index (κ2) is 11.5. The molecule has 1 aliphatic heterocycles. The normalized spacial score (nSPS) is 14.5. The quantitative estimate of drug-likeness (QED) is 0.312. The van der Waals surface area contributed by atoms with E-state index in [1.807, 2.05) is 4.90 Å². The second-order valence-corrected chi connectivity index (χ2v) is 6.83. The Bertz CT molecular complexity index is 935. The van der Waals surface area contributed by atoms with Gasteiger partial charge in [0, 0.05) is 30.5 Å². The van der Waals surface area contributed by atoms with Crippen LogP contribution in [0.3, 0.4) is 0 Å². The number of morpholine rings is 1. The van der Waals surface area contributed by atoms with Crippen LogP contribution in [0.5, 0.6) is 11.5 Å². The highest BCUT2D eigenvalue weighted by Gasteiger charge is 2.34. The maximum atomic E-state index is 13.7. The number of hydrogen-bond donors (Lipinski definition) is 2. The van der Waals surface area contributed by atoms with E-state index >= 15 is 0 Å². The summed E-state index contributed by atoms with van der Waals surface area (Å²) in [5.74, 6) is 1.01. The molecule has 0 atom stereocenters. The Balaban J connectivity index is 0.00000363. The summed E-state index contributed by atoms with van der Waals surface area (Å²) in [5, 5.41) is 2.85. The van der Waals surface area contributed by atoms with Crippen LogP contribution in [-0.4, -0.2) is 46.5 Å². The highest BCUT2D eigenvalue weighted by Crippen LogP contribution is 2.35. The highest BCUT2D eigenvalue weighted by atomic mass is 127. The SMILES string of the molecule is COc1ccc(NC(N)=NCc2ccc(N3CCOCC3)cc2C(F)(F)F)cc1OC.I. The van der Waals surface area contributed by atoms with Gasteiger partial charge in [-0.2, -0.15) is 13.2 Å². The number of guanidine groups is 1. The molecule has 0 saturated carbocycles. The van der Waals surface area contributed by atoms with Crippen molar-refractivity contribution in [3.8, 4) is 11.5 Å². The van der Waals surface area contributed by atoms with Crippen LogP contribution >= 0.6 is 24.0 Å². The van der Waals surface area contributed by atoms with Crippen LogP contribution in [0.25, 0.3) is 0 Å². The van der Waals surface area contributed by atoms with Crippen molar-refractivity contribution in [1.82, 2.24) is 0 Å². The summed E-state index contributed by atoms with van der Waals surface area (Å²) >= 11 is 0. The van der Waals surface area contributed by atoms with Crippen molar-refractivity contribution in [2.24, 2.45) is 10.7 Å². The number of nitrogens with one attached hydrogen (secondary N) is 1. The Morgan fingerprint density at radius 3 is 2.41 bits per heavy atom. The molecular formula is C21H26F3IN4O3. The molecule has 0 unspecified atom stereocenters. The van der Waals surface area contributed by atoms with Crippen molar-refractivity contribution < 1.29 is 27.4 Å². The zero-order valence-electron chi connectivity index (χ0n) is 17.7. The fourth-order valence-electron chi connectivity index (χ4n) is 3.26. The predicted molar refractivity (Wildman–Crippen MR) is 128 cm³/mol. The van der Waals surface area contributed by atoms with Crippen molar-refractivity contribution in [3.63, 3.8) is 0 Å². The first kappa shape index (κ1) is 25.8. The molecule has 3 rings (SSSR count). The predicted octanol–water partition coefficient (Wildman–Crippen LogP) is 4.10. The number of alkyl halides is 3. The largest absolute Gasteiger partial charge is 0.493 e. The van der Waals surface area contributed by atoms with Gasteiger partial charge in [0.2, 0.25) is 0 Å². The van der Waals surface area contributed by atoms with Gasteiger partial charge in [-0.1, -0.05) is 6.07 Å². The first-order valence-electron chi connectivity index (χ1n) is 9.63. The summed E-state index contributed by atoms with van der Waals surface area (Å²) in [6.07, 6.45) is -4.50. The average molecular weight is 566 g/mol. The van der Waals surface area contributed by atoms with Gasteiger partial charge in [0.25, 0.3) is 0 Å². The lowest BCUT2D eigenvalue weighted by atomic mass is 10.1. The zero-order valence-corrected chi connectivity index (χ0v) is 20.1. The fraction of sp³-hybridized carbons (Fsp3) is 0.381. The van der Waals surface area contributed by atoms with Crippen LogP contribution in [0.1, 0.15) is 11.1 Å². The number of anilines is 2. The molecule has 1 aliphatic rings. The highest BCUT2D eigenvalue weighted by molar-refractivity contribution is 14.0. The molecule has 1 heterocycles. The third-order valence-electron chi connectivity index (χ3n) is 4.85. The van der Waals surface area contributed by atoms with Gasteiger partial charge in [0.15, 0.2) is 17.5 Å². The molecule has 0 radical (unpaired) electrons. The average Bonchev–Trinajstić information content (AvgIpc) is 2.77. The van der Waals surface area contributed by atoms with Gasteiger partial charge in [0.05, 0.1) is 39.5 Å². The zero-order chi connectivity index (χ0) is 22.4. The number of methoxy groups -OCH3 is 2. The molecule has 0 aliphatic carbocycles. The minimum atomic E-state index is -4.50. The standard InChI is InChI=1S/C21H25F3N4O3.HI/c1-29-18-6-4-15(11-19(18)30-2)27-20(25)26-13-14-3-5-16(12-17(14)21(22,23)24)28-7-9-31-10-8-28;/h3-6,11-12H,7-10,13H2,1-2H3,(H3,25,26,27);1H. The first-order valence-corrected chi connectivity index (χ1v) is 9.63. The van der Waals surface area contributed by atoms with Gasteiger partial charge in [-0.25, -0.2) is 4.99 Å². The number of rotatable bonds is 6. The van der Waals surface area contributed by atoms with Gasteiger partial charge < -0.3 is 30.2 Å². The number of halogens is 4. The maximum absolute atomic E-state index is 13.7. The van der Waals surface area contributed by atoms with Crippen LogP contribution in [0.4, 0.5) is 24.5 Å². The van der Waals surface area contributed by atoms with Crippen molar-refractivity contribution >= 4 is 41.3 Å². The van der Waals surface area contributed by atoms with E-state index in [1.165, 1.54) is 20.3 Å². The van der Waals surface area contributed by atoms with E-state index in [0.29, 0.717) is 49.2 Å². The molecule has 2 aromatic carbocycles. The van der Waals surface area contributed by atoms with Gasteiger partial charge in [-0.15, -0.1) is 24.0 Å².